The summed E-state index contributed by atoms with van der Waals surface area (Å²) >= 11 is 0. The van der Waals surface area contributed by atoms with Crippen LogP contribution in [0.25, 0.3) is 11.3 Å². The molecule has 0 atom stereocenters. The number of aryl methyl sites for hydroxylation is 1. The predicted octanol–water partition coefficient (Wildman–Crippen LogP) is 2.69. The minimum absolute atomic E-state index is 0.338. The Morgan fingerprint density at radius 1 is 1.00 bits per heavy atom. The van der Waals surface area contributed by atoms with Gasteiger partial charge in [0.2, 0.25) is 0 Å². The molecule has 0 aliphatic carbocycles. The first-order chi connectivity index (χ1) is 10.8. The number of benzene rings is 1. The second-order valence-corrected chi connectivity index (χ2v) is 4.61. The van der Waals surface area contributed by atoms with Gasteiger partial charge in [0.05, 0.1) is 23.8 Å². The van der Waals surface area contributed by atoms with E-state index < -0.39 is 0 Å². The number of nitrogens with one attached hydrogen (secondary N) is 1. The molecule has 3 aromatic rings. The van der Waals surface area contributed by atoms with Gasteiger partial charge in [-0.05, 0) is 19.1 Å². The molecule has 0 amide bonds. The minimum atomic E-state index is 0.338. The smallest absolute Gasteiger partial charge is 0.252 e. The van der Waals surface area contributed by atoms with Crippen molar-refractivity contribution in [3.63, 3.8) is 0 Å². The van der Waals surface area contributed by atoms with Gasteiger partial charge in [0.1, 0.15) is 0 Å². The molecule has 0 fully saturated rings. The van der Waals surface area contributed by atoms with Crippen molar-refractivity contribution in [2.45, 2.75) is 6.92 Å². The Morgan fingerprint density at radius 2 is 1.86 bits per heavy atom. The molecule has 6 heteroatoms. The van der Waals surface area contributed by atoms with E-state index in [-0.39, 0.29) is 0 Å². The Labute approximate surface area is 128 Å². The highest BCUT2D eigenvalue weighted by Crippen LogP contribution is 2.15. The van der Waals surface area contributed by atoms with Crippen LogP contribution in [0.3, 0.4) is 0 Å². The molecule has 0 unspecified atom stereocenters. The van der Waals surface area contributed by atoms with Crippen molar-refractivity contribution < 1.29 is 0 Å². The van der Waals surface area contributed by atoms with Crippen LogP contribution in [-0.4, -0.2) is 26.4 Å². The van der Waals surface area contributed by atoms with Crippen LogP contribution in [0.5, 0.6) is 0 Å². The van der Waals surface area contributed by atoms with Crippen LogP contribution < -0.4 is 5.43 Å². The molecule has 1 aromatic carbocycles. The molecule has 108 valence electrons. The lowest BCUT2D eigenvalue weighted by atomic mass is 10.2. The van der Waals surface area contributed by atoms with Gasteiger partial charge in [0.25, 0.3) is 5.95 Å². The first-order valence-electron chi connectivity index (χ1n) is 6.79. The van der Waals surface area contributed by atoms with Crippen molar-refractivity contribution in [2.24, 2.45) is 5.10 Å². The zero-order chi connectivity index (χ0) is 15.2. The minimum Gasteiger partial charge on any atom is -0.252 e. The highest BCUT2D eigenvalue weighted by Gasteiger charge is 2.01. The maximum absolute atomic E-state index is 4.37. The summed E-state index contributed by atoms with van der Waals surface area (Å²) in [5.74, 6) is 0.338. The van der Waals surface area contributed by atoms with E-state index in [0.29, 0.717) is 5.95 Å². The summed E-state index contributed by atoms with van der Waals surface area (Å²) in [5, 5.41) is 11.9. The van der Waals surface area contributed by atoms with Crippen molar-refractivity contribution in [1.82, 2.24) is 20.2 Å². The van der Waals surface area contributed by atoms with Crippen molar-refractivity contribution in [3.8, 4) is 11.3 Å². The molecule has 0 spiro atoms. The number of anilines is 1. The fraction of sp³-hybridized carbons (Fsp3) is 0.0625. The molecule has 6 nitrogen and oxygen atoms in total. The number of aromatic nitrogens is 4. The third kappa shape index (κ3) is 3.49. The van der Waals surface area contributed by atoms with Gasteiger partial charge >= 0.3 is 0 Å². The monoisotopic (exact) mass is 290 g/mol. The number of pyridine rings is 1. The Kier molecular flexibility index (Phi) is 4.10. The summed E-state index contributed by atoms with van der Waals surface area (Å²) in [4.78, 5) is 8.70. The van der Waals surface area contributed by atoms with Crippen molar-refractivity contribution in [1.29, 1.82) is 0 Å². The third-order valence-electron chi connectivity index (χ3n) is 2.90. The second kappa shape index (κ2) is 6.53. The first-order valence-corrected chi connectivity index (χ1v) is 6.79. The molecule has 22 heavy (non-hydrogen) atoms. The van der Waals surface area contributed by atoms with Gasteiger partial charge in [0, 0.05) is 11.3 Å². The first kappa shape index (κ1) is 13.8. The number of hydrogen-bond acceptors (Lipinski definition) is 6. The lowest BCUT2D eigenvalue weighted by molar-refractivity contribution is 0.966. The summed E-state index contributed by atoms with van der Waals surface area (Å²) < 4.78 is 0. The standard InChI is InChI=1S/C16H14N6/c1-12-6-5-9-14(19-12)10-17-21-16-20-15(11-18-22-16)13-7-3-2-4-8-13/h2-11H,1H3,(H,20,21,22)/b17-10-. The Balaban J connectivity index is 1.73. The van der Waals surface area contributed by atoms with Crippen LogP contribution >= 0.6 is 0 Å². The average molecular weight is 290 g/mol. The lowest BCUT2D eigenvalue weighted by Crippen LogP contribution is -2.00. The third-order valence-corrected chi connectivity index (χ3v) is 2.90. The topological polar surface area (TPSA) is 76.0 Å². The summed E-state index contributed by atoms with van der Waals surface area (Å²) in [6.07, 6.45) is 3.23. The van der Waals surface area contributed by atoms with Crippen LogP contribution in [0.4, 0.5) is 5.95 Å². The SMILES string of the molecule is Cc1cccc(/C=N\Nc2nncc(-c3ccccc3)n2)n1. The normalized spacial score (nSPS) is 10.8. The van der Waals surface area contributed by atoms with Gasteiger partial charge in [-0.3, -0.25) is 4.98 Å². The summed E-state index contributed by atoms with van der Waals surface area (Å²) in [6, 6.07) is 15.5. The zero-order valence-corrected chi connectivity index (χ0v) is 12.0. The van der Waals surface area contributed by atoms with E-state index in [1.807, 2.05) is 55.5 Å². The van der Waals surface area contributed by atoms with E-state index in [2.05, 4.69) is 30.7 Å². The van der Waals surface area contributed by atoms with Crippen LogP contribution in [0.15, 0.2) is 59.8 Å². The molecular weight excluding hydrogens is 276 g/mol. The number of hydrazone groups is 1. The fourth-order valence-electron chi connectivity index (χ4n) is 1.89. The largest absolute Gasteiger partial charge is 0.263 e. The molecule has 0 aliphatic rings. The van der Waals surface area contributed by atoms with Crippen molar-refractivity contribution in [3.05, 3.63) is 66.1 Å². The molecule has 2 heterocycles. The molecule has 0 saturated carbocycles. The Bertz CT molecular complexity index is 785. The fourth-order valence-corrected chi connectivity index (χ4v) is 1.89. The van der Waals surface area contributed by atoms with E-state index >= 15 is 0 Å². The van der Waals surface area contributed by atoms with Crippen LogP contribution in [0.2, 0.25) is 0 Å². The Morgan fingerprint density at radius 3 is 2.68 bits per heavy atom. The quantitative estimate of drug-likeness (QED) is 0.590. The molecule has 0 bridgehead atoms. The summed E-state index contributed by atoms with van der Waals surface area (Å²) in [5.41, 5.74) is 6.18. The van der Waals surface area contributed by atoms with E-state index in [1.165, 1.54) is 0 Å². The van der Waals surface area contributed by atoms with E-state index in [0.717, 1.165) is 22.6 Å². The Hall–Kier alpha value is -3.15. The van der Waals surface area contributed by atoms with E-state index in [4.69, 9.17) is 0 Å². The molecule has 0 saturated heterocycles. The van der Waals surface area contributed by atoms with Crippen molar-refractivity contribution in [2.75, 3.05) is 5.43 Å². The van der Waals surface area contributed by atoms with E-state index in [9.17, 15) is 0 Å². The predicted molar refractivity (Wildman–Crippen MR) is 85.5 cm³/mol. The van der Waals surface area contributed by atoms with Gasteiger partial charge in [0.15, 0.2) is 0 Å². The molecule has 0 aliphatic heterocycles. The van der Waals surface area contributed by atoms with Crippen LogP contribution in [-0.2, 0) is 0 Å². The van der Waals surface area contributed by atoms with Gasteiger partial charge in [-0.15, -0.1) is 5.10 Å². The molecule has 3 rings (SSSR count). The maximum Gasteiger partial charge on any atom is 0.263 e. The second-order valence-electron chi connectivity index (χ2n) is 4.61. The van der Waals surface area contributed by atoms with Gasteiger partial charge < -0.3 is 0 Å². The number of rotatable bonds is 4. The van der Waals surface area contributed by atoms with Gasteiger partial charge in [-0.1, -0.05) is 36.4 Å². The number of hydrogen-bond donors (Lipinski definition) is 1. The highest BCUT2D eigenvalue weighted by atomic mass is 15.4. The summed E-state index contributed by atoms with van der Waals surface area (Å²) in [7, 11) is 0. The van der Waals surface area contributed by atoms with Gasteiger partial charge in [-0.25, -0.2) is 10.4 Å². The van der Waals surface area contributed by atoms with Gasteiger partial charge in [-0.2, -0.15) is 10.2 Å². The molecule has 2 aromatic heterocycles. The van der Waals surface area contributed by atoms with E-state index in [1.54, 1.807) is 12.4 Å². The van der Waals surface area contributed by atoms with Crippen molar-refractivity contribution >= 4 is 12.2 Å². The molecule has 0 radical (unpaired) electrons. The molecule has 1 N–H and O–H groups in total. The summed E-state index contributed by atoms with van der Waals surface area (Å²) in [6.45, 7) is 1.93. The average Bonchev–Trinajstić information content (AvgIpc) is 2.56. The number of nitrogens with zero attached hydrogens (tertiary/aromatic N) is 5. The maximum atomic E-state index is 4.37. The highest BCUT2D eigenvalue weighted by molar-refractivity contribution is 5.77. The van der Waals surface area contributed by atoms with Crippen LogP contribution in [0, 0.1) is 6.92 Å². The zero-order valence-electron chi connectivity index (χ0n) is 12.0. The molecular formula is C16H14N6. The van der Waals surface area contributed by atoms with Crippen LogP contribution in [0.1, 0.15) is 11.4 Å². The lowest BCUT2D eigenvalue weighted by Gasteiger charge is -2.01.